The van der Waals surface area contributed by atoms with Gasteiger partial charge < -0.3 is 19.7 Å². The molecule has 0 radical (unpaired) electrons. The molecule has 1 aromatic carbocycles. The Kier molecular flexibility index (Phi) is 4.49. The Morgan fingerprint density at radius 1 is 1.18 bits per heavy atom. The number of ether oxygens (including phenoxy) is 2. The number of hydrogen-bond donors (Lipinski definition) is 2. The van der Waals surface area contributed by atoms with Crippen LogP contribution >= 0.6 is 0 Å². The van der Waals surface area contributed by atoms with E-state index >= 15 is 4.39 Å². The van der Waals surface area contributed by atoms with Crippen LogP contribution in [-0.2, 0) is 9.53 Å². The van der Waals surface area contributed by atoms with E-state index in [0.717, 1.165) is 5.57 Å². The first-order chi connectivity index (χ1) is 16.0. The minimum Gasteiger partial charge on any atom is -0.457 e. The molecular weight excluding hydrogens is 435 g/mol. The number of para-hydroxylation sites is 1. The van der Waals surface area contributed by atoms with Gasteiger partial charge in [0.1, 0.15) is 18.0 Å². The number of hydrogen-bond acceptors (Lipinski definition) is 5. The Hall–Kier alpha value is -2.02. The number of ketones is 1. The molecule has 3 saturated carbocycles. The zero-order chi connectivity index (χ0) is 24.1. The normalized spacial score (nSPS) is 51.2. The highest BCUT2D eigenvalue weighted by molar-refractivity contribution is 6.01. The summed E-state index contributed by atoms with van der Waals surface area (Å²) in [5.74, 6) is -1.55. The molecule has 0 spiro atoms. The topological polar surface area (TPSA) is 79.3 Å². The summed E-state index contributed by atoms with van der Waals surface area (Å²) >= 11 is 0. The lowest BCUT2D eigenvalue weighted by molar-refractivity contribution is -0.256. The maximum atomic E-state index is 17.3. The summed E-state index contributed by atoms with van der Waals surface area (Å²) in [6.45, 7) is 6.04. The Morgan fingerprint density at radius 2 is 1.88 bits per heavy atom. The van der Waals surface area contributed by atoms with Crippen LogP contribution in [0.4, 0.5) is 4.39 Å². The van der Waals surface area contributed by atoms with Crippen LogP contribution in [0.5, 0.6) is 5.75 Å². The number of alkyl halides is 1. The van der Waals surface area contributed by atoms with Crippen LogP contribution in [0, 0.1) is 28.6 Å². The third-order valence-corrected chi connectivity index (χ3v) is 10.2. The van der Waals surface area contributed by atoms with Crippen LogP contribution in [0.15, 0.2) is 54.1 Å². The molecular formula is C28H33FO5. The molecule has 1 heterocycles. The molecule has 5 aliphatic rings. The summed E-state index contributed by atoms with van der Waals surface area (Å²) in [5, 5.41) is 24.0. The molecule has 1 unspecified atom stereocenters. The molecule has 0 aromatic heterocycles. The van der Waals surface area contributed by atoms with Crippen molar-refractivity contribution in [2.45, 2.75) is 69.6 Å². The molecule has 1 saturated heterocycles. The third-order valence-electron chi connectivity index (χ3n) is 10.2. The Labute approximate surface area is 199 Å². The van der Waals surface area contributed by atoms with Gasteiger partial charge in [0.2, 0.25) is 0 Å². The SMILES string of the molecule is C[C@H]1C[C@H]2[C@@H]3CCC4=CC(=O)C=C[C@]4(C)[C@@]3(F)[C@@H](O)C[C@]2(C)[C@@]1(O)C1(Oc2ccccc2)CO1. The highest BCUT2D eigenvalue weighted by atomic mass is 19.1. The summed E-state index contributed by atoms with van der Waals surface area (Å²) in [6, 6.07) is 9.31. The molecule has 5 nitrogen and oxygen atoms in total. The van der Waals surface area contributed by atoms with Gasteiger partial charge in [0.15, 0.2) is 11.5 Å². The van der Waals surface area contributed by atoms with Gasteiger partial charge in [0, 0.05) is 16.7 Å². The van der Waals surface area contributed by atoms with Crippen molar-refractivity contribution >= 4 is 5.78 Å². The quantitative estimate of drug-likeness (QED) is 0.652. The van der Waals surface area contributed by atoms with E-state index in [9.17, 15) is 15.0 Å². The molecule has 2 N–H and O–H groups in total. The van der Waals surface area contributed by atoms with Crippen LogP contribution < -0.4 is 4.74 Å². The van der Waals surface area contributed by atoms with E-state index in [0.29, 0.717) is 25.0 Å². The second kappa shape index (κ2) is 6.80. The van der Waals surface area contributed by atoms with Gasteiger partial charge in [0.05, 0.1) is 6.10 Å². The average Bonchev–Trinajstić information content (AvgIpc) is 3.55. The maximum absolute atomic E-state index is 17.3. The first-order valence-corrected chi connectivity index (χ1v) is 12.4. The Bertz CT molecular complexity index is 1100. The number of carbonyl (C=O) groups is 1. The van der Waals surface area contributed by atoms with Crippen LogP contribution in [0.25, 0.3) is 0 Å². The van der Waals surface area contributed by atoms with Crippen LogP contribution in [0.1, 0.15) is 46.5 Å². The monoisotopic (exact) mass is 468 g/mol. The minimum atomic E-state index is -1.92. The average molecular weight is 469 g/mol. The van der Waals surface area contributed by atoms with E-state index in [1.54, 1.807) is 12.2 Å². The number of rotatable bonds is 3. The largest absolute Gasteiger partial charge is 0.457 e. The third kappa shape index (κ3) is 2.47. The number of halogens is 1. The van der Waals surface area contributed by atoms with Crippen molar-refractivity contribution in [1.82, 2.24) is 0 Å². The van der Waals surface area contributed by atoms with Crippen LogP contribution in [-0.4, -0.2) is 45.8 Å². The molecule has 4 fully saturated rings. The van der Waals surface area contributed by atoms with E-state index in [2.05, 4.69) is 0 Å². The minimum absolute atomic E-state index is 0.0966. The fourth-order valence-electron chi connectivity index (χ4n) is 8.46. The highest BCUT2D eigenvalue weighted by Crippen LogP contribution is 2.73. The van der Waals surface area contributed by atoms with E-state index in [1.165, 1.54) is 6.08 Å². The van der Waals surface area contributed by atoms with Crippen LogP contribution in [0.3, 0.4) is 0 Å². The van der Waals surface area contributed by atoms with E-state index in [-0.39, 0.29) is 30.6 Å². The van der Waals surface area contributed by atoms with Gasteiger partial charge in [0.25, 0.3) is 5.79 Å². The summed E-state index contributed by atoms with van der Waals surface area (Å²) in [5.41, 5.74) is -4.39. The standard InChI is InChI=1S/C28H33FO5/c1-17-13-22-21-10-9-18-14-19(30)11-12-24(18,2)27(21,29)23(31)15-25(22,3)28(17,32)26(16-33-26)34-20-7-5-4-6-8-20/h4-8,11-12,14,17,21-23,31-32H,9-10,13,15-16H2,1-3H3/t17-,21-,22-,23-,24-,25-,26?,27-,28+/m0/s1. The number of benzene rings is 1. The molecule has 182 valence electrons. The molecule has 0 amide bonds. The molecule has 6 rings (SSSR count). The second-order valence-electron chi connectivity index (χ2n) is 11.6. The van der Waals surface area contributed by atoms with Crippen molar-refractivity contribution in [2.24, 2.45) is 28.6 Å². The van der Waals surface area contributed by atoms with Gasteiger partial charge in [-0.3, -0.25) is 4.79 Å². The fourth-order valence-corrected chi connectivity index (χ4v) is 8.46. The molecule has 1 aromatic rings. The summed E-state index contributed by atoms with van der Waals surface area (Å²) in [4.78, 5) is 12.0. The van der Waals surface area contributed by atoms with Gasteiger partial charge in [-0.15, -0.1) is 0 Å². The van der Waals surface area contributed by atoms with Gasteiger partial charge in [-0.25, -0.2) is 4.39 Å². The lowest BCUT2D eigenvalue weighted by atomic mass is 9.44. The van der Waals surface area contributed by atoms with E-state index < -0.39 is 39.9 Å². The first-order valence-electron chi connectivity index (χ1n) is 12.4. The van der Waals surface area contributed by atoms with Crippen molar-refractivity contribution in [3.05, 3.63) is 54.1 Å². The van der Waals surface area contributed by atoms with Crippen LogP contribution in [0.2, 0.25) is 0 Å². The van der Waals surface area contributed by atoms with E-state index in [1.807, 2.05) is 51.1 Å². The maximum Gasteiger partial charge on any atom is 0.264 e. The molecule has 4 aliphatic carbocycles. The summed E-state index contributed by atoms with van der Waals surface area (Å²) in [7, 11) is 0. The summed E-state index contributed by atoms with van der Waals surface area (Å²) < 4.78 is 29.5. The zero-order valence-corrected chi connectivity index (χ0v) is 20.0. The number of aliphatic hydroxyl groups excluding tert-OH is 1. The smallest absolute Gasteiger partial charge is 0.264 e. The lowest BCUT2D eigenvalue weighted by Crippen LogP contribution is -2.70. The van der Waals surface area contributed by atoms with E-state index in [4.69, 9.17) is 9.47 Å². The Balaban J connectivity index is 1.41. The van der Waals surface area contributed by atoms with Crippen molar-refractivity contribution in [3.63, 3.8) is 0 Å². The molecule has 34 heavy (non-hydrogen) atoms. The second-order valence-corrected chi connectivity index (χ2v) is 11.6. The Morgan fingerprint density at radius 3 is 2.56 bits per heavy atom. The van der Waals surface area contributed by atoms with Crippen molar-refractivity contribution in [3.8, 4) is 5.75 Å². The predicted molar refractivity (Wildman–Crippen MR) is 124 cm³/mol. The highest BCUT2D eigenvalue weighted by Gasteiger charge is 2.81. The fraction of sp³-hybridized carbons (Fsp3) is 0.607. The first kappa shape index (κ1) is 22.4. The van der Waals surface area contributed by atoms with Gasteiger partial charge >= 0.3 is 0 Å². The number of epoxide rings is 1. The number of aliphatic hydroxyl groups is 2. The molecule has 9 atom stereocenters. The molecule has 0 bridgehead atoms. The molecule has 6 heteroatoms. The number of fused-ring (bicyclic) bond motifs is 5. The predicted octanol–water partition coefficient (Wildman–Crippen LogP) is 4.14. The zero-order valence-electron chi connectivity index (χ0n) is 20.0. The molecule has 1 aliphatic heterocycles. The van der Waals surface area contributed by atoms with Gasteiger partial charge in [-0.2, -0.15) is 0 Å². The lowest BCUT2D eigenvalue weighted by Gasteiger charge is -2.63. The van der Waals surface area contributed by atoms with Crippen molar-refractivity contribution in [1.29, 1.82) is 0 Å². The number of carbonyl (C=O) groups excluding carboxylic acids is 1. The van der Waals surface area contributed by atoms with Crippen molar-refractivity contribution in [2.75, 3.05) is 6.61 Å². The van der Waals surface area contributed by atoms with Gasteiger partial charge in [-0.1, -0.05) is 43.7 Å². The number of allylic oxidation sites excluding steroid dienone is 4. The van der Waals surface area contributed by atoms with Crippen molar-refractivity contribution < 1.29 is 28.9 Å². The van der Waals surface area contributed by atoms with Gasteiger partial charge in [-0.05, 0) is 68.7 Å². The summed E-state index contributed by atoms with van der Waals surface area (Å²) in [6.07, 6.45) is 5.21.